The van der Waals surface area contributed by atoms with Crippen LogP contribution in [-0.4, -0.2) is 29.9 Å². The van der Waals surface area contributed by atoms with Crippen LogP contribution in [0.3, 0.4) is 0 Å². The van der Waals surface area contributed by atoms with E-state index in [1.807, 2.05) is 11.8 Å². The molecule has 1 amide bonds. The van der Waals surface area contributed by atoms with Crippen molar-refractivity contribution in [3.63, 3.8) is 0 Å². The Kier molecular flexibility index (Phi) is 4.71. The van der Waals surface area contributed by atoms with Crippen LogP contribution in [0.4, 0.5) is 0 Å². The van der Waals surface area contributed by atoms with Crippen LogP contribution in [0, 0.1) is 5.92 Å². The van der Waals surface area contributed by atoms with E-state index in [0.29, 0.717) is 28.1 Å². The van der Waals surface area contributed by atoms with Crippen molar-refractivity contribution in [2.45, 2.75) is 25.8 Å². The molecule has 19 heavy (non-hydrogen) atoms. The highest BCUT2D eigenvalue weighted by molar-refractivity contribution is 6.36. The number of piperidine rings is 1. The van der Waals surface area contributed by atoms with E-state index < -0.39 is 0 Å². The van der Waals surface area contributed by atoms with Gasteiger partial charge in [-0.2, -0.15) is 0 Å². The van der Waals surface area contributed by atoms with Gasteiger partial charge in [0.05, 0.1) is 10.6 Å². The number of benzene rings is 1. The molecular formula is C14H18Cl2N2O. The molecule has 1 heterocycles. The van der Waals surface area contributed by atoms with Crippen molar-refractivity contribution in [3.8, 4) is 0 Å². The molecule has 1 aliphatic rings. The summed E-state index contributed by atoms with van der Waals surface area (Å²) in [6, 6.07) is 5.08. The number of hydrogen-bond donors (Lipinski definition) is 1. The molecule has 1 aromatic carbocycles. The first kappa shape index (κ1) is 14.6. The van der Waals surface area contributed by atoms with Gasteiger partial charge < -0.3 is 10.6 Å². The molecule has 0 aromatic heterocycles. The van der Waals surface area contributed by atoms with Crippen molar-refractivity contribution in [2.75, 3.05) is 13.1 Å². The Morgan fingerprint density at radius 3 is 2.84 bits per heavy atom. The number of nitrogens with two attached hydrogens (primary N) is 1. The van der Waals surface area contributed by atoms with Gasteiger partial charge >= 0.3 is 0 Å². The molecule has 0 radical (unpaired) electrons. The monoisotopic (exact) mass is 300 g/mol. The maximum absolute atomic E-state index is 12.5. The van der Waals surface area contributed by atoms with Crippen LogP contribution >= 0.6 is 23.2 Å². The van der Waals surface area contributed by atoms with Crippen LogP contribution in [-0.2, 0) is 0 Å². The summed E-state index contributed by atoms with van der Waals surface area (Å²) in [5.74, 6) is 0.329. The van der Waals surface area contributed by atoms with E-state index in [1.165, 1.54) is 0 Å². The lowest BCUT2D eigenvalue weighted by molar-refractivity contribution is 0.0661. The lowest BCUT2D eigenvalue weighted by Crippen LogP contribution is -2.45. The van der Waals surface area contributed by atoms with Gasteiger partial charge in [-0.15, -0.1) is 0 Å². The van der Waals surface area contributed by atoms with Crippen molar-refractivity contribution in [1.29, 1.82) is 0 Å². The average Bonchev–Trinajstić information content (AvgIpc) is 2.38. The van der Waals surface area contributed by atoms with Crippen LogP contribution in [0.2, 0.25) is 10.0 Å². The lowest BCUT2D eigenvalue weighted by atomic mass is 9.92. The van der Waals surface area contributed by atoms with E-state index in [0.717, 1.165) is 19.4 Å². The number of nitrogens with zero attached hydrogens (tertiary/aromatic N) is 1. The van der Waals surface area contributed by atoms with Crippen LogP contribution in [0.15, 0.2) is 18.2 Å². The third-order valence-electron chi connectivity index (χ3n) is 3.65. The molecule has 1 saturated heterocycles. The van der Waals surface area contributed by atoms with E-state index in [-0.39, 0.29) is 11.9 Å². The minimum absolute atomic E-state index is 0.0352. The predicted octanol–water partition coefficient (Wildman–Crippen LogP) is 3.19. The van der Waals surface area contributed by atoms with Gasteiger partial charge in [-0.25, -0.2) is 0 Å². The number of halogens is 2. The second-order valence-corrected chi connectivity index (χ2v) is 5.98. The topological polar surface area (TPSA) is 46.3 Å². The van der Waals surface area contributed by atoms with Gasteiger partial charge in [0.2, 0.25) is 0 Å². The second kappa shape index (κ2) is 6.12. The standard InChI is InChI=1S/C14H18Cl2N2O/c1-9(17)10-3-2-6-18(8-10)14(19)12-5-4-11(15)7-13(12)16/h4-5,7,9-10H,2-3,6,8,17H2,1H3/t9-,10-/m1/s1. The smallest absolute Gasteiger partial charge is 0.255 e. The van der Waals surface area contributed by atoms with Gasteiger partial charge in [-0.3, -0.25) is 4.79 Å². The first-order chi connectivity index (χ1) is 8.99. The van der Waals surface area contributed by atoms with E-state index in [1.54, 1.807) is 18.2 Å². The van der Waals surface area contributed by atoms with Gasteiger partial charge in [0.1, 0.15) is 0 Å². The maximum Gasteiger partial charge on any atom is 0.255 e. The fourth-order valence-electron chi connectivity index (χ4n) is 2.46. The molecule has 2 N–H and O–H groups in total. The first-order valence-corrected chi connectivity index (χ1v) is 7.24. The molecule has 104 valence electrons. The third-order valence-corrected chi connectivity index (χ3v) is 4.20. The van der Waals surface area contributed by atoms with Crippen molar-refractivity contribution >= 4 is 29.1 Å². The highest BCUT2D eigenvalue weighted by Crippen LogP contribution is 2.25. The van der Waals surface area contributed by atoms with Gasteiger partial charge in [-0.05, 0) is 43.9 Å². The summed E-state index contributed by atoms with van der Waals surface area (Å²) in [7, 11) is 0. The van der Waals surface area contributed by atoms with Gasteiger partial charge in [0, 0.05) is 24.2 Å². The van der Waals surface area contributed by atoms with Crippen LogP contribution in [0.5, 0.6) is 0 Å². The molecule has 1 fully saturated rings. The van der Waals surface area contributed by atoms with E-state index in [9.17, 15) is 4.79 Å². The Morgan fingerprint density at radius 2 is 2.21 bits per heavy atom. The van der Waals surface area contributed by atoms with Gasteiger partial charge in [-0.1, -0.05) is 23.2 Å². The molecular weight excluding hydrogens is 283 g/mol. The summed E-state index contributed by atoms with van der Waals surface area (Å²) in [4.78, 5) is 14.3. The molecule has 5 heteroatoms. The van der Waals surface area contributed by atoms with Gasteiger partial charge in [0.25, 0.3) is 5.91 Å². The zero-order chi connectivity index (χ0) is 14.0. The average molecular weight is 301 g/mol. The molecule has 2 rings (SSSR count). The number of carbonyl (C=O) groups excluding carboxylic acids is 1. The molecule has 3 nitrogen and oxygen atoms in total. The minimum Gasteiger partial charge on any atom is -0.338 e. The van der Waals surface area contributed by atoms with Crippen LogP contribution in [0.25, 0.3) is 0 Å². The lowest BCUT2D eigenvalue weighted by Gasteiger charge is -2.34. The minimum atomic E-state index is -0.0352. The van der Waals surface area contributed by atoms with E-state index >= 15 is 0 Å². The number of likely N-dealkylation sites (tertiary alicyclic amines) is 1. The third kappa shape index (κ3) is 3.41. The number of hydrogen-bond acceptors (Lipinski definition) is 2. The van der Waals surface area contributed by atoms with Crippen molar-refractivity contribution < 1.29 is 4.79 Å². The van der Waals surface area contributed by atoms with E-state index in [4.69, 9.17) is 28.9 Å². The number of amides is 1. The Labute approximate surface area is 123 Å². The summed E-state index contributed by atoms with van der Waals surface area (Å²) in [6.07, 6.45) is 2.07. The Balaban J connectivity index is 2.15. The summed E-state index contributed by atoms with van der Waals surface area (Å²) in [5.41, 5.74) is 6.45. The zero-order valence-corrected chi connectivity index (χ0v) is 12.4. The molecule has 0 unspecified atom stereocenters. The SMILES string of the molecule is C[C@@H](N)[C@@H]1CCCN(C(=O)c2ccc(Cl)cc2Cl)C1. The van der Waals surface area contributed by atoms with E-state index in [2.05, 4.69) is 0 Å². The Hall–Kier alpha value is -0.770. The number of carbonyl (C=O) groups is 1. The van der Waals surface area contributed by atoms with Gasteiger partial charge in [0.15, 0.2) is 0 Å². The van der Waals surface area contributed by atoms with Crippen LogP contribution in [0.1, 0.15) is 30.1 Å². The highest BCUT2D eigenvalue weighted by Gasteiger charge is 2.27. The van der Waals surface area contributed by atoms with Crippen molar-refractivity contribution in [3.05, 3.63) is 33.8 Å². The quantitative estimate of drug-likeness (QED) is 0.912. The summed E-state index contributed by atoms with van der Waals surface area (Å²) >= 11 is 11.9. The normalized spacial score (nSPS) is 21.3. The zero-order valence-electron chi connectivity index (χ0n) is 10.9. The fraction of sp³-hybridized carbons (Fsp3) is 0.500. The summed E-state index contributed by atoms with van der Waals surface area (Å²) in [6.45, 7) is 3.46. The molecule has 0 spiro atoms. The largest absolute Gasteiger partial charge is 0.338 e. The van der Waals surface area contributed by atoms with Crippen LogP contribution < -0.4 is 5.73 Å². The molecule has 0 bridgehead atoms. The predicted molar refractivity (Wildman–Crippen MR) is 78.7 cm³/mol. The fourth-order valence-corrected chi connectivity index (χ4v) is 2.95. The number of rotatable bonds is 2. The molecule has 1 aromatic rings. The van der Waals surface area contributed by atoms with Crippen molar-refractivity contribution in [1.82, 2.24) is 4.90 Å². The molecule has 2 atom stereocenters. The van der Waals surface area contributed by atoms with Crippen molar-refractivity contribution in [2.24, 2.45) is 11.7 Å². The first-order valence-electron chi connectivity index (χ1n) is 6.49. The molecule has 0 saturated carbocycles. The molecule has 1 aliphatic heterocycles. The molecule has 0 aliphatic carbocycles. The highest BCUT2D eigenvalue weighted by atomic mass is 35.5. The Bertz CT molecular complexity index is 477. The second-order valence-electron chi connectivity index (χ2n) is 5.14. The summed E-state index contributed by atoms with van der Waals surface area (Å²) in [5, 5.41) is 0.939. The maximum atomic E-state index is 12.5. The summed E-state index contributed by atoms with van der Waals surface area (Å²) < 4.78 is 0. The Morgan fingerprint density at radius 1 is 1.47 bits per heavy atom.